The van der Waals surface area contributed by atoms with Crippen molar-refractivity contribution < 1.29 is 19.1 Å². The molecule has 18 heavy (non-hydrogen) atoms. The number of aryl methyl sites for hydroxylation is 1. The van der Waals surface area contributed by atoms with Gasteiger partial charge in [-0.05, 0) is 59.8 Å². The minimum absolute atomic E-state index is 0.209. The van der Waals surface area contributed by atoms with Gasteiger partial charge in [0.2, 0.25) is 0 Å². The van der Waals surface area contributed by atoms with Gasteiger partial charge in [0.05, 0.1) is 9.13 Å². The number of rotatable bonds is 4. The third-order valence-electron chi connectivity index (χ3n) is 2.34. The smallest absolute Gasteiger partial charge is 0.335 e. The van der Waals surface area contributed by atoms with Gasteiger partial charge in [0.1, 0.15) is 23.9 Å². The van der Waals surface area contributed by atoms with Crippen LogP contribution in [0.2, 0.25) is 0 Å². The van der Waals surface area contributed by atoms with Crippen LogP contribution in [0, 0.1) is 10.5 Å². The normalized spacial score (nSPS) is 10.3. The first-order valence-electron chi connectivity index (χ1n) is 5.27. The summed E-state index contributed by atoms with van der Waals surface area (Å²) >= 11 is 2.10. The molecule has 2 aromatic rings. The number of hydrogen-bond donors (Lipinski definition) is 1. The highest BCUT2D eigenvalue weighted by Crippen LogP contribution is 2.23. The van der Waals surface area contributed by atoms with Crippen LogP contribution in [0.1, 0.15) is 21.9 Å². The highest BCUT2D eigenvalue weighted by atomic mass is 127. The van der Waals surface area contributed by atoms with Crippen molar-refractivity contribution in [3.05, 3.63) is 51.0 Å². The molecule has 1 N–H and O–H groups in total. The van der Waals surface area contributed by atoms with Crippen molar-refractivity contribution in [1.29, 1.82) is 0 Å². The molecule has 0 aliphatic rings. The molecule has 0 aliphatic carbocycles. The highest BCUT2D eigenvalue weighted by molar-refractivity contribution is 14.1. The standard InChI is InChI=1S/C13H11IO4/c1-8-2-4-10(18-8)7-17-12-6-9(13(15)16)3-5-11(12)14/h2-6H,7H2,1H3,(H,15,16). The number of halogens is 1. The maximum Gasteiger partial charge on any atom is 0.335 e. The van der Waals surface area contributed by atoms with E-state index in [0.717, 1.165) is 9.33 Å². The van der Waals surface area contributed by atoms with E-state index in [0.29, 0.717) is 11.5 Å². The fourth-order valence-electron chi connectivity index (χ4n) is 1.46. The van der Waals surface area contributed by atoms with Gasteiger partial charge >= 0.3 is 5.97 Å². The van der Waals surface area contributed by atoms with Crippen LogP contribution in [0.15, 0.2) is 34.7 Å². The molecule has 0 radical (unpaired) electrons. The second-order valence-electron chi connectivity index (χ2n) is 3.75. The molecule has 94 valence electrons. The number of carboxylic acid groups (broad SMARTS) is 1. The zero-order valence-electron chi connectivity index (χ0n) is 9.64. The van der Waals surface area contributed by atoms with Gasteiger partial charge in [0.25, 0.3) is 0 Å². The van der Waals surface area contributed by atoms with Crippen LogP contribution >= 0.6 is 22.6 Å². The van der Waals surface area contributed by atoms with E-state index in [1.807, 2.05) is 19.1 Å². The number of carbonyl (C=O) groups is 1. The van der Waals surface area contributed by atoms with Gasteiger partial charge in [-0.1, -0.05) is 0 Å². The minimum atomic E-state index is -0.968. The first kappa shape index (κ1) is 12.9. The Hall–Kier alpha value is -1.50. The van der Waals surface area contributed by atoms with Crippen LogP contribution < -0.4 is 4.74 Å². The second kappa shape index (κ2) is 5.43. The first-order chi connectivity index (χ1) is 8.56. The van der Waals surface area contributed by atoms with Gasteiger partial charge in [-0.25, -0.2) is 4.79 Å². The Kier molecular flexibility index (Phi) is 3.90. The maximum atomic E-state index is 10.9. The molecule has 4 nitrogen and oxygen atoms in total. The third-order valence-corrected chi connectivity index (χ3v) is 3.24. The molecular weight excluding hydrogens is 347 g/mol. The van der Waals surface area contributed by atoms with Crippen molar-refractivity contribution in [2.75, 3.05) is 0 Å². The van der Waals surface area contributed by atoms with E-state index in [9.17, 15) is 4.79 Å². The summed E-state index contributed by atoms with van der Waals surface area (Å²) in [6, 6.07) is 8.47. The minimum Gasteiger partial charge on any atom is -0.485 e. The van der Waals surface area contributed by atoms with Gasteiger partial charge in [-0.2, -0.15) is 0 Å². The van der Waals surface area contributed by atoms with Crippen molar-refractivity contribution in [1.82, 2.24) is 0 Å². The highest BCUT2D eigenvalue weighted by Gasteiger charge is 2.09. The zero-order chi connectivity index (χ0) is 13.1. The van der Waals surface area contributed by atoms with E-state index in [1.165, 1.54) is 6.07 Å². The molecule has 0 spiro atoms. The van der Waals surface area contributed by atoms with Gasteiger partial charge in [-0.3, -0.25) is 0 Å². The molecule has 0 amide bonds. The van der Waals surface area contributed by atoms with Gasteiger partial charge in [-0.15, -0.1) is 0 Å². The quantitative estimate of drug-likeness (QED) is 0.851. The van der Waals surface area contributed by atoms with E-state index in [-0.39, 0.29) is 12.2 Å². The lowest BCUT2D eigenvalue weighted by atomic mass is 10.2. The van der Waals surface area contributed by atoms with E-state index >= 15 is 0 Å². The van der Waals surface area contributed by atoms with Crippen molar-refractivity contribution in [2.24, 2.45) is 0 Å². The summed E-state index contributed by atoms with van der Waals surface area (Å²) in [4.78, 5) is 10.9. The summed E-state index contributed by atoms with van der Waals surface area (Å²) in [6.07, 6.45) is 0. The van der Waals surface area contributed by atoms with Crippen molar-refractivity contribution in [3.63, 3.8) is 0 Å². The fraction of sp³-hybridized carbons (Fsp3) is 0.154. The Morgan fingerprint density at radius 1 is 1.39 bits per heavy atom. The average molecular weight is 358 g/mol. The van der Waals surface area contributed by atoms with Crippen molar-refractivity contribution in [3.8, 4) is 5.75 Å². The SMILES string of the molecule is Cc1ccc(COc2cc(C(=O)O)ccc2I)o1. The van der Waals surface area contributed by atoms with Crippen LogP contribution in [-0.2, 0) is 6.61 Å². The molecule has 0 atom stereocenters. The Morgan fingerprint density at radius 3 is 2.78 bits per heavy atom. The summed E-state index contributed by atoms with van der Waals surface area (Å²) in [7, 11) is 0. The molecule has 0 saturated heterocycles. The van der Waals surface area contributed by atoms with E-state index in [4.69, 9.17) is 14.3 Å². The monoisotopic (exact) mass is 358 g/mol. The molecule has 1 aromatic heterocycles. The summed E-state index contributed by atoms with van der Waals surface area (Å²) in [5.74, 6) is 1.11. The molecule has 1 aromatic carbocycles. The molecular formula is C13H11IO4. The molecule has 0 bridgehead atoms. The Balaban J connectivity index is 2.13. The van der Waals surface area contributed by atoms with Crippen molar-refractivity contribution in [2.45, 2.75) is 13.5 Å². The summed E-state index contributed by atoms with van der Waals surface area (Å²) in [6.45, 7) is 2.14. The predicted octanol–water partition coefficient (Wildman–Crippen LogP) is 3.47. The topological polar surface area (TPSA) is 59.7 Å². The first-order valence-corrected chi connectivity index (χ1v) is 6.35. The van der Waals surface area contributed by atoms with Gasteiger partial charge < -0.3 is 14.3 Å². The number of aromatic carboxylic acids is 1. The Labute approximate surface area is 118 Å². The molecule has 0 aliphatic heterocycles. The van der Waals surface area contributed by atoms with Gasteiger partial charge in [0, 0.05) is 0 Å². The lowest BCUT2D eigenvalue weighted by Gasteiger charge is -2.07. The summed E-state index contributed by atoms with van der Waals surface area (Å²) < 4.78 is 11.8. The predicted molar refractivity (Wildman–Crippen MR) is 73.9 cm³/mol. The van der Waals surface area contributed by atoms with Crippen LogP contribution in [0.4, 0.5) is 0 Å². The lowest BCUT2D eigenvalue weighted by Crippen LogP contribution is -2.00. The molecule has 5 heteroatoms. The van der Waals surface area contributed by atoms with Gasteiger partial charge in [0.15, 0.2) is 0 Å². The molecule has 0 unspecified atom stereocenters. The van der Waals surface area contributed by atoms with E-state index in [2.05, 4.69) is 22.6 Å². The summed E-state index contributed by atoms with van der Waals surface area (Å²) in [5, 5.41) is 8.91. The number of carboxylic acids is 1. The van der Waals surface area contributed by atoms with E-state index in [1.54, 1.807) is 12.1 Å². The number of furan rings is 1. The molecule has 0 fully saturated rings. The Morgan fingerprint density at radius 2 is 2.17 bits per heavy atom. The Bertz CT molecular complexity index is 574. The van der Waals surface area contributed by atoms with Crippen LogP contribution in [0.25, 0.3) is 0 Å². The summed E-state index contributed by atoms with van der Waals surface area (Å²) in [5.41, 5.74) is 0.209. The zero-order valence-corrected chi connectivity index (χ0v) is 11.8. The molecule has 1 heterocycles. The van der Waals surface area contributed by atoms with Crippen LogP contribution in [0.5, 0.6) is 5.75 Å². The molecule has 2 rings (SSSR count). The van der Waals surface area contributed by atoms with Crippen LogP contribution in [0.3, 0.4) is 0 Å². The fourth-order valence-corrected chi connectivity index (χ4v) is 1.95. The number of benzene rings is 1. The number of hydrogen-bond acceptors (Lipinski definition) is 3. The lowest BCUT2D eigenvalue weighted by molar-refractivity contribution is 0.0696. The largest absolute Gasteiger partial charge is 0.485 e. The average Bonchev–Trinajstić information content (AvgIpc) is 2.74. The van der Waals surface area contributed by atoms with Crippen molar-refractivity contribution >= 4 is 28.6 Å². The maximum absolute atomic E-state index is 10.9. The van der Waals surface area contributed by atoms with Crippen LogP contribution in [-0.4, -0.2) is 11.1 Å². The van der Waals surface area contributed by atoms with E-state index < -0.39 is 5.97 Å². The molecule has 0 saturated carbocycles. The second-order valence-corrected chi connectivity index (χ2v) is 4.91. The number of ether oxygens (including phenoxy) is 1. The third kappa shape index (κ3) is 3.04.